The molecular weight excluding hydrogens is 268 g/mol. The van der Waals surface area contributed by atoms with E-state index in [1.165, 1.54) is 24.2 Å². The third-order valence-corrected chi connectivity index (χ3v) is 5.27. The highest BCUT2D eigenvalue weighted by Gasteiger charge is 2.29. The summed E-state index contributed by atoms with van der Waals surface area (Å²) < 4.78 is 0.345. The van der Waals surface area contributed by atoms with Crippen molar-refractivity contribution in [2.45, 2.75) is 51.2 Å². The molecule has 1 aromatic heterocycles. The number of thioether (sulfide) groups is 1. The molecule has 0 aliphatic carbocycles. The molecule has 2 rings (SSSR count). The minimum atomic E-state index is 0.345. The maximum atomic E-state index is 4.46. The first kappa shape index (κ1) is 15.4. The number of hydrogen-bond donors (Lipinski definition) is 2. The quantitative estimate of drug-likeness (QED) is 0.837. The average Bonchev–Trinajstić information content (AvgIpc) is 2.84. The molecule has 0 saturated carbocycles. The summed E-state index contributed by atoms with van der Waals surface area (Å²) in [5.41, 5.74) is 1.20. The Morgan fingerprint density at radius 2 is 2.00 bits per heavy atom. The molecule has 5 heteroatoms. The van der Waals surface area contributed by atoms with E-state index >= 15 is 0 Å². The number of nitrogens with one attached hydrogen (secondary N) is 2. The molecule has 2 N–H and O–H groups in total. The number of nitrogens with zero attached hydrogens (tertiary/aromatic N) is 2. The van der Waals surface area contributed by atoms with Crippen molar-refractivity contribution in [3.63, 3.8) is 0 Å². The minimum Gasteiger partial charge on any atom is -0.370 e. The maximum absolute atomic E-state index is 4.46. The van der Waals surface area contributed by atoms with E-state index in [4.69, 9.17) is 0 Å². The van der Waals surface area contributed by atoms with Crippen LogP contribution >= 0.6 is 11.8 Å². The van der Waals surface area contributed by atoms with E-state index in [9.17, 15) is 0 Å². The van der Waals surface area contributed by atoms with Gasteiger partial charge < -0.3 is 10.6 Å². The van der Waals surface area contributed by atoms with Crippen LogP contribution in [-0.2, 0) is 0 Å². The van der Waals surface area contributed by atoms with E-state index < -0.39 is 0 Å². The minimum absolute atomic E-state index is 0.345. The second-order valence-electron chi connectivity index (χ2n) is 5.93. The van der Waals surface area contributed by atoms with Crippen LogP contribution in [0.4, 0.5) is 11.6 Å². The van der Waals surface area contributed by atoms with Crippen LogP contribution in [0.5, 0.6) is 0 Å². The van der Waals surface area contributed by atoms with E-state index in [0.29, 0.717) is 10.7 Å². The lowest BCUT2D eigenvalue weighted by Crippen LogP contribution is -2.28. The Kier molecular flexibility index (Phi) is 5.13. The van der Waals surface area contributed by atoms with Crippen LogP contribution < -0.4 is 10.6 Å². The van der Waals surface area contributed by atoms with Crippen molar-refractivity contribution in [3.8, 4) is 0 Å². The normalized spacial score (nSPS) is 22.2. The molecule has 1 saturated heterocycles. The SMILES string of the molecule is CCNc1ncnc(NCC2(C)CCCS2)c1C(C)C. The lowest BCUT2D eigenvalue weighted by Gasteiger charge is -2.25. The molecule has 0 aromatic carbocycles. The Morgan fingerprint density at radius 1 is 1.30 bits per heavy atom. The Bertz CT molecular complexity index is 441. The summed E-state index contributed by atoms with van der Waals surface area (Å²) in [6.07, 6.45) is 4.26. The lowest BCUT2D eigenvalue weighted by molar-refractivity contribution is 0.632. The summed E-state index contributed by atoms with van der Waals surface area (Å²) in [5.74, 6) is 3.63. The first-order chi connectivity index (χ1) is 9.56. The van der Waals surface area contributed by atoms with Gasteiger partial charge in [-0.15, -0.1) is 0 Å². The van der Waals surface area contributed by atoms with E-state index in [1.54, 1.807) is 6.33 Å². The van der Waals surface area contributed by atoms with Crippen LogP contribution in [0.15, 0.2) is 6.33 Å². The lowest BCUT2D eigenvalue weighted by atomic mass is 10.0. The molecule has 20 heavy (non-hydrogen) atoms. The first-order valence-electron chi connectivity index (χ1n) is 7.52. The molecule has 1 aliphatic heterocycles. The third-order valence-electron chi connectivity index (χ3n) is 3.74. The fraction of sp³-hybridized carbons (Fsp3) is 0.733. The molecule has 112 valence electrons. The number of anilines is 2. The summed E-state index contributed by atoms with van der Waals surface area (Å²) in [4.78, 5) is 8.84. The van der Waals surface area contributed by atoms with E-state index in [-0.39, 0.29) is 0 Å². The molecule has 4 nitrogen and oxygen atoms in total. The predicted octanol–water partition coefficient (Wildman–Crippen LogP) is 3.73. The van der Waals surface area contributed by atoms with Crippen LogP contribution in [0.3, 0.4) is 0 Å². The van der Waals surface area contributed by atoms with E-state index in [2.05, 4.69) is 60.1 Å². The average molecular weight is 294 g/mol. The van der Waals surface area contributed by atoms with Crippen molar-refractivity contribution in [1.82, 2.24) is 9.97 Å². The number of aromatic nitrogens is 2. The molecular formula is C15H26N4S. The number of rotatable bonds is 6. The largest absolute Gasteiger partial charge is 0.370 e. The molecule has 0 spiro atoms. The van der Waals surface area contributed by atoms with Crippen LogP contribution in [0, 0.1) is 0 Å². The van der Waals surface area contributed by atoms with Gasteiger partial charge in [-0.3, -0.25) is 0 Å². The zero-order valence-electron chi connectivity index (χ0n) is 13.0. The van der Waals surface area contributed by atoms with Gasteiger partial charge in [-0.2, -0.15) is 11.8 Å². The summed E-state index contributed by atoms with van der Waals surface area (Å²) in [6.45, 7) is 10.7. The van der Waals surface area contributed by atoms with Crippen molar-refractivity contribution >= 4 is 23.4 Å². The molecule has 1 unspecified atom stereocenters. The van der Waals surface area contributed by atoms with Crippen molar-refractivity contribution in [1.29, 1.82) is 0 Å². The smallest absolute Gasteiger partial charge is 0.135 e. The van der Waals surface area contributed by atoms with Crippen LogP contribution in [0.1, 0.15) is 52.0 Å². The fourth-order valence-corrected chi connectivity index (χ4v) is 3.88. The highest BCUT2D eigenvalue weighted by molar-refractivity contribution is 8.00. The van der Waals surface area contributed by atoms with Gasteiger partial charge in [0, 0.05) is 23.4 Å². The van der Waals surface area contributed by atoms with Crippen molar-refractivity contribution in [3.05, 3.63) is 11.9 Å². The van der Waals surface area contributed by atoms with Crippen LogP contribution in [-0.4, -0.2) is 33.6 Å². The van der Waals surface area contributed by atoms with Gasteiger partial charge in [0.15, 0.2) is 0 Å². The molecule has 1 fully saturated rings. The standard InChI is InChI=1S/C15H26N4S/c1-5-16-13-12(11(2)3)14(19-10-18-13)17-9-15(4)7-6-8-20-15/h10-11H,5-9H2,1-4H3,(H2,16,17,18,19). The molecule has 1 atom stereocenters. The Hall–Kier alpha value is -0.970. The van der Waals surface area contributed by atoms with Crippen molar-refractivity contribution < 1.29 is 0 Å². The zero-order chi connectivity index (χ0) is 14.6. The second kappa shape index (κ2) is 6.66. The summed E-state index contributed by atoms with van der Waals surface area (Å²) in [7, 11) is 0. The van der Waals surface area contributed by atoms with Gasteiger partial charge in [-0.25, -0.2) is 9.97 Å². The Labute approximate surface area is 126 Å². The molecule has 0 radical (unpaired) electrons. The van der Waals surface area contributed by atoms with Gasteiger partial charge in [0.25, 0.3) is 0 Å². The van der Waals surface area contributed by atoms with Gasteiger partial charge in [0.1, 0.15) is 18.0 Å². The highest BCUT2D eigenvalue weighted by atomic mass is 32.2. The van der Waals surface area contributed by atoms with Gasteiger partial charge >= 0.3 is 0 Å². The van der Waals surface area contributed by atoms with Gasteiger partial charge in [0.2, 0.25) is 0 Å². The van der Waals surface area contributed by atoms with E-state index in [1.807, 2.05) is 0 Å². The van der Waals surface area contributed by atoms with Gasteiger partial charge in [-0.1, -0.05) is 13.8 Å². The van der Waals surface area contributed by atoms with E-state index in [0.717, 1.165) is 24.7 Å². The van der Waals surface area contributed by atoms with Gasteiger partial charge in [-0.05, 0) is 38.4 Å². The van der Waals surface area contributed by atoms with Gasteiger partial charge in [0.05, 0.1) is 0 Å². The molecule has 2 heterocycles. The van der Waals surface area contributed by atoms with Crippen LogP contribution in [0.2, 0.25) is 0 Å². The monoisotopic (exact) mass is 294 g/mol. The second-order valence-corrected chi connectivity index (χ2v) is 7.61. The summed E-state index contributed by atoms with van der Waals surface area (Å²) >= 11 is 2.07. The Morgan fingerprint density at radius 3 is 2.55 bits per heavy atom. The summed E-state index contributed by atoms with van der Waals surface area (Å²) in [5, 5.41) is 6.90. The topological polar surface area (TPSA) is 49.8 Å². The summed E-state index contributed by atoms with van der Waals surface area (Å²) in [6, 6.07) is 0. The molecule has 0 bridgehead atoms. The van der Waals surface area contributed by atoms with Crippen molar-refractivity contribution in [2.75, 3.05) is 29.5 Å². The van der Waals surface area contributed by atoms with Crippen molar-refractivity contribution in [2.24, 2.45) is 0 Å². The molecule has 1 aromatic rings. The maximum Gasteiger partial charge on any atom is 0.135 e. The number of hydrogen-bond acceptors (Lipinski definition) is 5. The fourth-order valence-electron chi connectivity index (χ4n) is 2.64. The molecule has 1 aliphatic rings. The Balaban J connectivity index is 2.15. The zero-order valence-corrected chi connectivity index (χ0v) is 13.8. The molecule has 0 amide bonds. The van der Waals surface area contributed by atoms with Crippen LogP contribution in [0.25, 0.3) is 0 Å². The third kappa shape index (κ3) is 3.57. The predicted molar refractivity (Wildman–Crippen MR) is 88.9 cm³/mol. The highest BCUT2D eigenvalue weighted by Crippen LogP contribution is 2.38. The first-order valence-corrected chi connectivity index (χ1v) is 8.51.